The summed E-state index contributed by atoms with van der Waals surface area (Å²) in [6.07, 6.45) is 3.56. The monoisotopic (exact) mass is 309 g/mol. The second-order valence-electron chi connectivity index (χ2n) is 6.09. The Labute approximate surface area is 129 Å². The first-order valence-electron chi connectivity index (χ1n) is 7.00. The van der Waals surface area contributed by atoms with Crippen molar-refractivity contribution in [3.05, 3.63) is 28.6 Å². The summed E-state index contributed by atoms with van der Waals surface area (Å²) in [5, 5.41) is 8.19. The molecule has 5 nitrogen and oxygen atoms in total. The molecule has 1 fully saturated rings. The molecule has 0 atom stereocenters. The highest BCUT2D eigenvalue weighted by Crippen LogP contribution is 2.20. The van der Waals surface area contributed by atoms with E-state index in [0.717, 1.165) is 30.7 Å². The van der Waals surface area contributed by atoms with Gasteiger partial charge in [0, 0.05) is 13.1 Å². The third-order valence-electron chi connectivity index (χ3n) is 2.98. The van der Waals surface area contributed by atoms with E-state index in [1.807, 2.05) is 32.9 Å². The summed E-state index contributed by atoms with van der Waals surface area (Å²) in [7, 11) is 0. The molecule has 114 valence electrons. The number of likely N-dealkylation sites (tertiary alicyclic amines) is 1. The number of carbonyl (C=O) groups excluding carboxylic acids is 1. The van der Waals surface area contributed by atoms with Gasteiger partial charge < -0.3 is 9.64 Å². The molecule has 2 rings (SSSR count). The summed E-state index contributed by atoms with van der Waals surface area (Å²) >= 11 is 5.72. The molecule has 0 spiro atoms. The molecule has 0 N–H and O–H groups in total. The molecular formula is C15H20ClN3O2. The molecule has 1 aliphatic heterocycles. The van der Waals surface area contributed by atoms with Crippen LogP contribution < -0.4 is 0 Å². The van der Waals surface area contributed by atoms with Gasteiger partial charge in [-0.2, -0.15) is 0 Å². The Kier molecular flexibility index (Phi) is 4.83. The SMILES string of the molecule is CC(C)(C)OC(=O)N1CCC/C(=C\c2ccc(Cl)nn2)C1. The van der Waals surface area contributed by atoms with Crippen LogP contribution in [-0.4, -0.2) is 39.9 Å². The van der Waals surface area contributed by atoms with Crippen molar-refractivity contribution >= 4 is 23.8 Å². The molecule has 1 aromatic heterocycles. The van der Waals surface area contributed by atoms with E-state index in [-0.39, 0.29) is 6.09 Å². The Balaban J connectivity index is 2.03. The fourth-order valence-corrected chi connectivity index (χ4v) is 2.21. The van der Waals surface area contributed by atoms with Crippen molar-refractivity contribution < 1.29 is 9.53 Å². The summed E-state index contributed by atoms with van der Waals surface area (Å²) in [6.45, 7) is 6.90. The number of carbonyl (C=O) groups is 1. The largest absolute Gasteiger partial charge is 0.444 e. The van der Waals surface area contributed by atoms with Crippen LogP contribution in [0.2, 0.25) is 5.15 Å². The fourth-order valence-electron chi connectivity index (χ4n) is 2.11. The lowest BCUT2D eigenvalue weighted by molar-refractivity contribution is 0.0247. The minimum atomic E-state index is -0.472. The van der Waals surface area contributed by atoms with Gasteiger partial charge in [-0.3, -0.25) is 0 Å². The molecule has 0 aliphatic carbocycles. The number of aromatic nitrogens is 2. The average Bonchev–Trinajstić information content (AvgIpc) is 2.40. The van der Waals surface area contributed by atoms with Crippen LogP contribution >= 0.6 is 11.6 Å². The van der Waals surface area contributed by atoms with Crippen LogP contribution in [0.1, 0.15) is 39.3 Å². The van der Waals surface area contributed by atoms with Gasteiger partial charge in [0.15, 0.2) is 5.15 Å². The molecule has 1 amide bonds. The van der Waals surface area contributed by atoms with Crippen LogP contribution in [0.4, 0.5) is 4.79 Å². The van der Waals surface area contributed by atoms with Gasteiger partial charge in [0.2, 0.25) is 0 Å². The smallest absolute Gasteiger partial charge is 0.410 e. The highest BCUT2D eigenvalue weighted by atomic mass is 35.5. The van der Waals surface area contributed by atoms with Gasteiger partial charge in [-0.25, -0.2) is 4.79 Å². The third kappa shape index (κ3) is 5.01. The van der Waals surface area contributed by atoms with E-state index in [0.29, 0.717) is 11.7 Å². The Bertz CT molecular complexity index is 535. The second-order valence-corrected chi connectivity index (χ2v) is 6.48. The van der Waals surface area contributed by atoms with E-state index in [4.69, 9.17) is 16.3 Å². The van der Waals surface area contributed by atoms with Crippen molar-refractivity contribution in [3.63, 3.8) is 0 Å². The summed E-state index contributed by atoms with van der Waals surface area (Å²) in [5.41, 5.74) is 1.42. The molecular weight excluding hydrogens is 290 g/mol. The first-order chi connectivity index (χ1) is 9.83. The summed E-state index contributed by atoms with van der Waals surface area (Å²) < 4.78 is 5.41. The van der Waals surface area contributed by atoms with Crippen molar-refractivity contribution in [3.8, 4) is 0 Å². The van der Waals surface area contributed by atoms with E-state index in [1.54, 1.807) is 11.0 Å². The third-order valence-corrected chi connectivity index (χ3v) is 3.18. The Morgan fingerprint density at radius 1 is 1.38 bits per heavy atom. The summed E-state index contributed by atoms with van der Waals surface area (Å²) in [4.78, 5) is 13.8. The zero-order chi connectivity index (χ0) is 15.5. The zero-order valence-corrected chi connectivity index (χ0v) is 13.4. The standard InChI is InChI=1S/C15H20ClN3O2/c1-15(2,3)21-14(20)19-8-4-5-11(10-19)9-12-6-7-13(16)18-17-12/h6-7,9H,4-5,8,10H2,1-3H3/b11-9+. The number of rotatable bonds is 1. The molecule has 1 aromatic rings. The summed E-state index contributed by atoms with van der Waals surface area (Å²) in [6, 6.07) is 3.52. The van der Waals surface area contributed by atoms with Gasteiger partial charge in [0.05, 0.1) is 5.69 Å². The van der Waals surface area contributed by atoms with Crippen LogP contribution in [0.15, 0.2) is 17.7 Å². The van der Waals surface area contributed by atoms with Gasteiger partial charge >= 0.3 is 6.09 Å². The Morgan fingerprint density at radius 2 is 2.14 bits per heavy atom. The fraction of sp³-hybridized carbons (Fsp3) is 0.533. The Morgan fingerprint density at radius 3 is 2.76 bits per heavy atom. The van der Waals surface area contributed by atoms with Crippen molar-refractivity contribution in [1.82, 2.24) is 15.1 Å². The number of ether oxygens (including phenoxy) is 1. The lowest BCUT2D eigenvalue weighted by atomic mass is 10.0. The molecule has 1 saturated heterocycles. The minimum absolute atomic E-state index is 0.268. The molecule has 0 saturated carbocycles. The van der Waals surface area contributed by atoms with E-state index in [9.17, 15) is 4.79 Å². The molecule has 1 aliphatic rings. The topological polar surface area (TPSA) is 55.3 Å². The highest BCUT2D eigenvalue weighted by molar-refractivity contribution is 6.29. The van der Waals surface area contributed by atoms with E-state index in [1.165, 1.54) is 0 Å². The number of hydrogen-bond donors (Lipinski definition) is 0. The molecule has 0 bridgehead atoms. The molecule has 2 heterocycles. The van der Waals surface area contributed by atoms with Gasteiger partial charge in [-0.05, 0) is 57.4 Å². The van der Waals surface area contributed by atoms with Crippen molar-refractivity contribution in [2.75, 3.05) is 13.1 Å². The molecule has 0 unspecified atom stereocenters. The molecule has 0 aromatic carbocycles. The van der Waals surface area contributed by atoms with Gasteiger partial charge in [0.25, 0.3) is 0 Å². The normalized spacial score (nSPS) is 17.9. The van der Waals surface area contributed by atoms with E-state index in [2.05, 4.69) is 10.2 Å². The van der Waals surface area contributed by atoms with Crippen LogP contribution in [0, 0.1) is 0 Å². The number of amides is 1. The minimum Gasteiger partial charge on any atom is -0.444 e. The van der Waals surface area contributed by atoms with Crippen LogP contribution in [0.3, 0.4) is 0 Å². The lowest BCUT2D eigenvalue weighted by Gasteiger charge is -2.31. The van der Waals surface area contributed by atoms with Crippen LogP contribution in [-0.2, 0) is 4.74 Å². The maximum Gasteiger partial charge on any atom is 0.410 e. The van der Waals surface area contributed by atoms with E-state index >= 15 is 0 Å². The maximum atomic E-state index is 12.1. The van der Waals surface area contributed by atoms with Crippen LogP contribution in [0.25, 0.3) is 6.08 Å². The first-order valence-corrected chi connectivity index (χ1v) is 7.38. The predicted octanol–water partition coefficient (Wildman–Crippen LogP) is 3.54. The molecule has 0 radical (unpaired) electrons. The highest BCUT2D eigenvalue weighted by Gasteiger charge is 2.24. The van der Waals surface area contributed by atoms with E-state index < -0.39 is 5.60 Å². The molecule has 6 heteroatoms. The van der Waals surface area contributed by atoms with Crippen molar-refractivity contribution in [2.45, 2.75) is 39.2 Å². The first kappa shape index (κ1) is 15.8. The predicted molar refractivity (Wildman–Crippen MR) is 82.1 cm³/mol. The quantitative estimate of drug-likeness (QED) is 0.796. The van der Waals surface area contributed by atoms with Gasteiger partial charge in [0.1, 0.15) is 5.60 Å². The van der Waals surface area contributed by atoms with Crippen molar-refractivity contribution in [2.24, 2.45) is 0 Å². The summed E-state index contributed by atoms with van der Waals surface area (Å²) in [5.74, 6) is 0. The van der Waals surface area contributed by atoms with Gasteiger partial charge in [-0.1, -0.05) is 11.6 Å². The van der Waals surface area contributed by atoms with Gasteiger partial charge in [-0.15, -0.1) is 10.2 Å². The number of piperidine rings is 1. The van der Waals surface area contributed by atoms with Crippen LogP contribution in [0.5, 0.6) is 0 Å². The molecule has 21 heavy (non-hydrogen) atoms. The Hall–Kier alpha value is -1.62. The number of halogens is 1. The number of hydrogen-bond acceptors (Lipinski definition) is 4. The average molecular weight is 310 g/mol. The second kappa shape index (κ2) is 6.43. The van der Waals surface area contributed by atoms with Crippen molar-refractivity contribution in [1.29, 1.82) is 0 Å². The zero-order valence-electron chi connectivity index (χ0n) is 12.6. The maximum absolute atomic E-state index is 12.1. The lowest BCUT2D eigenvalue weighted by Crippen LogP contribution is -2.40. The number of nitrogens with zero attached hydrogens (tertiary/aromatic N) is 3.